The molecule has 3 aliphatic heterocycles. The molecule has 0 aliphatic carbocycles. The Balaban J connectivity index is 1.76. The summed E-state index contributed by atoms with van der Waals surface area (Å²) >= 11 is 0. The number of hydrogen-bond acceptors (Lipinski definition) is 3. The molecule has 2 bridgehead atoms. The van der Waals surface area contributed by atoms with Crippen LogP contribution < -0.4 is 0 Å². The van der Waals surface area contributed by atoms with Gasteiger partial charge in [-0.1, -0.05) is 23.8 Å². The van der Waals surface area contributed by atoms with Crippen molar-refractivity contribution in [3.63, 3.8) is 0 Å². The third-order valence-electron chi connectivity index (χ3n) is 5.08. The van der Waals surface area contributed by atoms with Crippen LogP contribution in [0.25, 0.3) is 0 Å². The van der Waals surface area contributed by atoms with Crippen molar-refractivity contribution in [3.05, 3.63) is 23.8 Å². The summed E-state index contributed by atoms with van der Waals surface area (Å²) in [6.07, 6.45) is 7.23. The average Bonchev–Trinajstić information content (AvgIpc) is 3.06. The number of rotatable bonds is 5. The van der Waals surface area contributed by atoms with Crippen LogP contribution in [0.5, 0.6) is 0 Å². The maximum Gasteiger partial charge on any atom is 0.310 e. The van der Waals surface area contributed by atoms with Gasteiger partial charge in [0.05, 0.1) is 18.6 Å². The number of carbonyl (C=O) groups excluding carboxylic acids is 1. The first-order valence-corrected chi connectivity index (χ1v) is 7.89. The van der Waals surface area contributed by atoms with E-state index in [-0.39, 0.29) is 11.9 Å². The first-order chi connectivity index (χ1) is 10.4. The van der Waals surface area contributed by atoms with E-state index in [2.05, 4.69) is 19.9 Å². The molecule has 2 fully saturated rings. The quantitative estimate of drug-likeness (QED) is 0.789. The largest absolute Gasteiger partial charge is 0.481 e. The maximum absolute atomic E-state index is 12.8. The van der Waals surface area contributed by atoms with Gasteiger partial charge >= 0.3 is 5.97 Å². The lowest BCUT2D eigenvalue weighted by Crippen LogP contribution is -2.40. The molecule has 3 rings (SSSR count). The zero-order valence-electron chi connectivity index (χ0n) is 13.3. The smallest absolute Gasteiger partial charge is 0.310 e. The molecule has 0 aromatic rings. The van der Waals surface area contributed by atoms with Crippen molar-refractivity contribution in [2.75, 3.05) is 6.54 Å². The summed E-state index contributed by atoms with van der Waals surface area (Å²) in [7, 11) is 0. The summed E-state index contributed by atoms with van der Waals surface area (Å²) in [5.74, 6) is -2.31. The number of fused-ring (bicyclic) bond motifs is 1. The number of nitrogens with zero attached hydrogens (tertiary/aromatic N) is 1. The minimum Gasteiger partial charge on any atom is -0.481 e. The molecule has 1 N–H and O–H groups in total. The number of carbonyl (C=O) groups is 2. The van der Waals surface area contributed by atoms with Crippen molar-refractivity contribution in [3.8, 4) is 0 Å². The van der Waals surface area contributed by atoms with Gasteiger partial charge in [-0.15, -0.1) is 0 Å². The summed E-state index contributed by atoms with van der Waals surface area (Å²) in [5.41, 5.74) is 0.557. The van der Waals surface area contributed by atoms with Crippen LogP contribution in [0.4, 0.5) is 0 Å². The van der Waals surface area contributed by atoms with Crippen molar-refractivity contribution in [1.29, 1.82) is 0 Å². The number of carboxylic acids is 1. The predicted molar refractivity (Wildman–Crippen MR) is 81.2 cm³/mol. The fourth-order valence-corrected chi connectivity index (χ4v) is 3.95. The van der Waals surface area contributed by atoms with Crippen molar-refractivity contribution >= 4 is 11.9 Å². The van der Waals surface area contributed by atoms with Gasteiger partial charge in [0.2, 0.25) is 5.91 Å². The average molecular weight is 305 g/mol. The molecule has 5 heteroatoms. The van der Waals surface area contributed by atoms with Crippen molar-refractivity contribution in [2.45, 2.75) is 51.4 Å². The van der Waals surface area contributed by atoms with Gasteiger partial charge in [0.25, 0.3) is 0 Å². The van der Waals surface area contributed by atoms with E-state index in [0.29, 0.717) is 6.54 Å². The molecule has 5 nitrogen and oxygen atoms in total. The van der Waals surface area contributed by atoms with E-state index in [0.717, 1.165) is 12.8 Å². The van der Waals surface area contributed by atoms with Crippen LogP contribution in [0, 0.1) is 11.8 Å². The summed E-state index contributed by atoms with van der Waals surface area (Å²) < 4.78 is 5.88. The first-order valence-electron chi connectivity index (χ1n) is 7.89. The van der Waals surface area contributed by atoms with E-state index < -0.39 is 29.5 Å². The lowest BCUT2D eigenvalue weighted by Gasteiger charge is -2.27. The Bertz CT molecular complexity index is 563. The van der Waals surface area contributed by atoms with Gasteiger partial charge in [-0.25, -0.2) is 0 Å². The molecule has 0 aromatic heterocycles. The molecule has 1 amide bonds. The van der Waals surface area contributed by atoms with E-state index in [4.69, 9.17) is 4.74 Å². The molecular formula is C17H23NO4. The summed E-state index contributed by atoms with van der Waals surface area (Å²) in [6, 6.07) is 0.0913. The molecule has 120 valence electrons. The lowest BCUT2D eigenvalue weighted by atomic mass is 9.77. The number of amides is 1. The second-order valence-electron chi connectivity index (χ2n) is 6.91. The molecule has 3 heterocycles. The van der Waals surface area contributed by atoms with Gasteiger partial charge in [0.1, 0.15) is 11.5 Å². The first kappa shape index (κ1) is 15.3. The van der Waals surface area contributed by atoms with Crippen LogP contribution in [-0.4, -0.2) is 46.2 Å². The Kier molecular flexibility index (Phi) is 3.63. The van der Waals surface area contributed by atoms with Crippen molar-refractivity contribution < 1.29 is 19.4 Å². The predicted octanol–water partition coefficient (Wildman–Crippen LogP) is 1.99. The van der Waals surface area contributed by atoms with Gasteiger partial charge in [0, 0.05) is 6.04 Å². The van der Waals surface area contributed by atoms with Crippen LogP contribution in [-0.2, 0) is 14.3 Å². The molecule has 5 atom stereocenters. The minimum atomic E-state index is -0.936. The van der Waals surface area contributed by atoms with Gasteiger partial charge in [-0.3, -0.25) is 9.59 Å². The molecule has 3 aliphatic rings. The zero-order chi connectivity index (χ0) is 16.1. The molecule has 3 unspecified atom stereocenters. The molecule has 22 heavy (non-hydrogen) atoms. The topological polar surface area (TPSA) is 66.8 Å². The van der Waals surface area contributed by atoms with Gasteiger partial charge in [0.15, 0.2) is 0 Å². The minimum absolute atomic E-state index is 0.0658. The summed E-state index contributed by atoms with van der Waals surface area (Å²) in [4.78, 5) is 26.1. The number of carboxylic acid groups (broad SMARTS) is 1. The maximum atomic E-state index is 12.8. The highest BCUT2D eigenvalue weighted by Gasteiger charge is 2.67. The molecule has 0 saturated carbocycles. The Morgan fingerprint density at radius 3 is 2.95 bits per heavy atom. The summed E-state index contributed by atoms with van der Waals surface area (Å²) in [6.45, 7) is 6.62. The van der Waals surface area contributed by atoms with Crippen LogP contribution in [0.15, 0.2) is 23.8 Å². The van der Waals surface area contributed by atoms with Crippen LogP contribution in [0.3, 0.4) is 0 Å². The Labute approximate surface area is 130 Å². The van der Waals surface area contributed by atoms with Gasteiger partial charge in [-0.05, 0) is 33.6 Å². The molecule has 0 radical (unpaired) electrons. The summed E-state index contributed by atoms with van der Waals surface area (Å²) in [5, 5.41) is 9.43. The second-order valence-corrected chi connectivity index (χ2v) is 6.91. The molecule has 1 spiro atoms. The lowest BCUT2D eigenvalue weighted by molar-refractivity contribution is -0.148. The number of ether oxygens (including phenoxy) is 1. The molecule has 2 saturated heterocycles. The highest BCUT2D eigenvalue weighted by atomic mass is 16.5. The SMILES string of the molecule is CC(C)=CCCC(C)N1C[C@@]23C=C[C@@H](O2)C(C(=O)O)C3C1=O. The standard InChI is InChI=1S/C17H23NO4/c1-10(2)5-4-6-11(3)18-9-17-8-7-12(22-17)13(16(20)21)14(17)15(18)19/h5,7-8,11-14H,4,6,9H2,1-3H3,(H,20,21)/t11?,12-,13?,14?,17-/m1/s1. The number of hydrogen-bond donors (Lipinski definition) is 1. The third-order valence-corrected chi connectivity index (χ3v) is 5.08. The molecule has 0 aromatic carbocycles. The van der Waals surface area contributed by atoms with E-state index >= 15 is 0 Å². The van der Waals surface area contributed by atoms with Gasteiger partial charge < -0.3 is 14.7 Å². The van der Waals surface area contributed by atoms with Crippen LogP contribution in [0.1, 0.15) is 33.6 Å². The fraction of sp³-hybridized carbons (Fsp3) is 0.647. The number of aliphatic carboxylic acids is 1. The second kappa shape index (κ2) is 5.23. The Hall–Kier alpha value is -1.62. The van der Waals surface area contributed by atoms with Gasteiger partial charge in [-0.2, -0.15) is 0 Å². The van der Waals surface area contributed by atoms with Crippen molar-refractivity contribution in [1.82, 2.24) is 4.90 Å². The van der Waals surface area contributed by atoms with E-state index in [1.54, 1.807) is 6.08 Å². The molecular weight excluding hydrogens is 282 g/mol. The fourth-order valence-electron chi connectivity index (χ4n) is 3.95. The third kappa shape index (κ3) is 2.19. The van der Waals surface area contributed by atoms with E-state index in [9.17, 15) is 14.7 Å². The Morgan fingerprint density at radius 1 is 1.59 bits per heavy atom. The van der Waals surface area contributed by atoms with E-state index in [1.165, 1.54) is 5.57 Å². The van der Waals surface area contributed by atoms with Crippen molar-refractivity contribution in [2.24, 2.45) is 11.8 Å². The van der Waals surface area contributed by atoms with Crippen LogP contribution in [0.2, 0.25) is 0 Å². The normalized spacial score (nSPS) is 36.6. The Morgan fingerprint density at radius 2 is 2.32 bits per heavy atom. The highest BCUT2D eigenvalue weighted by Crippen LogP contribution is 2.52. The highest BCUT2D eigenvalue weighted by molar-refractivity contribution is 5.90. The monoisotopic (exact) mass is 305 g/mol. The number of allylic oxidation sites excluding steroid dienone is 2. The van der Waals surface area contributed by atoms with Crippen LogP contribution >= 0.6 is 0 Å². The zero-order valence-corrected chi connectivity index (χ0v) is 13.3. The number of likely N-dealkylation sites (tertiary alicyclic amines) is 1. The van der Waals surface area contributed by atoms with E-state index in [1.807, 2.05) is 17.9 Å².